The van der Waals surface area contributed by atoms with Gasteiger partial charge in [-0.25, -0.2) is 13.2 Å². The number of halogens is 3. The summed E-state index contributed by atoms with van der Waals surface area (Å²) in [5.41, 5.74) is -5.11. The molecule has 1 heterocycles. The summed E-state index contributed by atoms with van der Waals surface area (Å²) in [6.07, 6.45) is 0. The van der Waals surface area contributed by atoms with Crippen LogP contribution in [0.5, 0.6) is 0 Å². The molecule has 1 aliphatic heterocycles. The molecule has 0 amide bonds. The summed E-state index contributed by atoms with van der Waals surface area (Å²) in [5.74, 6) is -4.08. The first-order valence-electron chi connectivity index (χ1n) is 10.5. The molecular weight excluding hydrogens is 451 g/mol. The molecule has 3 aromatic rings. The van der Waals surface area contributed by atoms with Crippen LogP contribution in [0.1, 0.15) is 34.7 Å². The second-order valence-electron chi connectivity index (χ2n) is 8.22. The lowest BCUT2D eigenvalue weighted by Crippen LogP contribution is -2.58. The lowest BCUT2D eigenvalue weighted by Gasteiger charge is -2.51. The standard InChI is InChI=1S/C27H16F3N5/c28-20-10-4-1-7-17(20)23-26(13-31,14-32)24(18-8-2-5-11-21(18)29)35-25(27(23,15-33)16-34)19-9-3-6-12-22(19)30/h1-12,23-25,35H. The molecule has 35 heavy (non-hydrogen) atoms. The van der Waals surface area contributed by atoms with Crippen molar-refractivity contribution in [2.24, 2.45) is 10.8 Å². The Morgan fingerprint density at radius 1 is 0.543 bits per heavy atom. The molecule has 3 aromatic carbocycles. The number of rotatable bonds is 3. The van der Waals surface area contributed by atoms with Gasteiger partial charge in [0.2, 0.25) is 0 Å². The van der Waals surface area contributed by atoms with Crippen LogP contribution >= 0.6 is 0 Å². The predicted molar refractivity (Wildman–Crippen MR) is 118 cm³/mol. The number of nitrogens with zero attached hydrogens (tertiary/aromatic N) is 4. The Labute approximate surface area is 199 Å². The van der Waals surface area contributed by atoms with Gasteiger partial charge in [-0.15, -0.1) is 0 Å². The molecule has 8 heteroatoms. The molecule has 1 aliphatic rings. The minimum atomic E-state index is -2.32. The number of benzene rings is 3. The molecule has 5 nitrogen and oxygen atoms in total. The molecule has 0 aromatic heterocycles. The van der Waals surface area contributed by atoms with Crippen molar-refractivity contribution in [1.29, 1.82) is 21.0 Å². The molecule has 2 atom stereocenters. The Balaban J connectivity index is 2.15. The summed E-state index contributed by atoms with van der Waals surface area (Å²) in [4.78, 5) is 0. The van der Waals surface area contributed by atoms with E-state index < -0.39 is 46.3 Å². The third-order valence-electron chi connectivity index (χ3n) is 6.54. The minimum absolute atomic E-state index is 0.109. The zero-order valence-electron chi connectivity index (χ0n) is 18.1. The molecule has 1 saturated heterocycles. The first-order chi connectivity index (χ1) is 16.9. The SMILES string of the molecule is N#CC1(C#N)C(c2ccccc2F)NC(c2ccccc2F)C(C#N)(C#N)C1c1ccccc1F. The maximum Gasteiger partial charge on any atom is 0.172 e. The molecule has 0 saturated carbocycles. The van der Waals surface area contributed by atoms with Gasteiger partial charge < -0.3 is 0 Å². The first kappa shape index (κ1) is 23.5. The molecule has 4 rings (SSSR count). The Hall–Kier alpha value is -4.63. The summed E-state index contributed by atoms with van der Waals surface area (Å²) in [7, 11) is 0. The van der Waals surface area contributed by atoms with E-state index in [0.29, 0.717) is 0 Å². The van der Waals surface area contributed by atoms with Gasteiger partial charge in [-0.1, -0.05) is 54.6 Å². The maximum atomic E-state index is 15.2. The molecule has 0 radical (unpaired) electrons. The van der Waals surface area contributed by atoms with Crippen molar-refractivity contribution in [3.63, 3.8) is 0 Å². The lowest BCUT2D eigenvalue weighted by molar-refractivity contribution is 0.0939. The second-order valence-corrected chi connectivity index (χ2v) is 8.22. The largest absolute Gasteiger partial charge is 0.298 e. The van der Waals surface area contributed by atoms with Crippen LogP contribution in [0.4, 0.5) is 13.2 Å². The first-order valence-corrected chi connectivity index (χ1v) is 10.5. The molecule has 2 unspecified atom stereocenters. The second kappa shape index (κ2) is 8.96. The highest BCUT2D eigenvalue weighted by molar-refractivity contribution is 5.49. The van der Waals surface area contributed by atoms with Gasteiger partial charge in [0.1, 0.15) is 17.5 Å². The highest BCUT2D eigenvalue weighted by Crippen LogP contribution is 2.62. The summed E-state index contributed by atoms with van der Waals surface area (Å²) in [6.45, 7) is 0. The van der Waals surface area contributed by atoms with Crippen molar-refractivity contribution in [1.82, 2.24) is 5.32 Å². The fourth-order valence-electron chi connectivity index (χ4n) is 4.98. The molecule has 1 N–H and O–H groups in total. The average molecular weight is 467 g/mol. The van der Waals surface area contributed by atoms with E-state index in [9.17, 15) is 21.0 Å². The van der Waals surface area contributed by atoms with Crippen LogP contribution in [-0.4, -0.2) is 0 Å². The number of piperidine rings is 1. The van der Waals surface area contributed by atoms with Crippen molar-refractivity contribution in [2.75, 3.05) is 0 Å². The number of nitrogens with one attached hydrogen (secondary N) is 1. The van der Waals surface area contributed by atoms with Crippen LogP contribution < -0.4 is 5.32 Å². The van der Waals surface area contributed by atoms with E-state index >= 15 is 13.2 Å². The van der Waals surface area contributed by atoms with Crippen molar-refractivity contribution in [3.8, 4) is 24.3 Å². The number of hydrogen-bond acceptors (Lipinski definition) is 5. The van der Waals surface area contributed by atoms with Crippen molar-refractivity contribution in [2.45, 2.75) is 18.0 Å². The van der Waals surface area contributed by atoms with Crippen LogP contribution in [-0.2, 0) is 0 Å². The molecule has 0 bridgehead atoms. The molecule has 170 valence electrons. The van der Waals surface area contributed by atoms with E-state index in [1.54, 1.807) is 0 Å². The molecule has 0 spiro atoms. The van der Waals surface area contributed by atoms with Crippen molar-refractivity contribution >= 4 is 0 Å². The maximum absolute atomic E-state index is 15.2. The minimum Gasteiger partial charge on any atom is -0.298 e. The van der Waals surface area contributed by atoms with Gasteiger partial charge in [-0.05, 0) is 23.8 Å². The van der Waals surface area contributed by atoms with Crippen LogP contribution in [0.25, 0.3) is 0 Å². The molecule has 1 fully saturated rings. The lowest BCUT2D eigenvalue weighted by atomic mass is 9.51. The summed E-state index contributed by atoms with van der Waals surface area (Å²) in [5, 5.41) is 44.4. The summed E-state index contributed by atoms with van der Waals surface area (Å²) >= 11 is 0. The van der Waals surface area contributed by atoms with E-state index in [1.165, 1.54) is 54.6 Å². The highest BCUT2D eigenvalue weighted by atomic mass is 19.1. The Bertz CT molecular complexity index is 1340. The van der Waals surface area contributed by atoms with Gasteiger partial charge in [-0.2, -0.15) is 21.0 Å². The normalized spacial score (nSPS) is 22.1. The fourth-order valence-corrected chi connectivity index (χ4v) is 4.98. The average Bonchev–Trinajstić information content (AvgIpc) is 2.89. The van der Waals surface area contributed by atoms with E-state index in [0.717, 1.165) is 18.2 Å². The Morgan fingerprint density at radius 2 is 0.857 bits per heavy atom. The van der Waals surface area contributed by atoms with E-state index in [4.69, 9.17) is 0 Å². The Kier molecular flexibility index (Phi) is 6.02. The van der Waals surface area contributed by atoms with E-state index in [-0.39, 0.29) is 16.7 Å². The van der Waals surface area contributed by atoms with E-state index in [1.807, 2.05) is 24.3 Å². The van der Waals surface area contributed by atoms with Gasteiger partial charge in [0, 0.05) is 11.1 Å². The van der Waals surface area contributed by atoms with Crippen LogP contribution in [0.2, 0.25) is 0 Å². The van der Waals surface area contributed by atoms with Crippen LogP contribution in [0.3, 0.4) is 0 Å². The third-order valence-corrected chi connectivity index (χ3v) is 6.54. The zero-order chi connectivity index (χ0) is 25.2. The van der Waals surface area contributed by atoms with Gasteiger partial charge in [0.15, 0.2) is 10.8 Å². The molecular formula is C27H16F3N5. The van der Waals surface area contributed by atoms with Gasteiger partial charge in [-0.3, -0.25) is 5.32 Å². The zero-order valence-corrected chi connectivity index (χ0v) is 18.1. The summed E-state index contributed by atoms with van der Waals surface area (Å²) < 4.78 is 45.3. The quantitative estimate of drug-likeness (QED) is 0.559. The monoisotopic (exact) mass is 467 g/mol. The Morgan fingerprint density at radius 3 is 1.17 bits per heavy atom. The van der Waals surface area contributed by atoms with E-state index in [2.05, 4.69) is 5.32 Å². The van der Waals surface area contributed by atoms with Crippen molar-refractivity contribution in [3.05, 3.63) is 107 Å². The smallest absolute Gasteiger partial charge is 0.172 e. The van der Waals surface area contributed by atoms with Crippen LogP contribution in [0, 0.1) is 73.6 Å². The highest BCUT2D eigenvalue weighted by Gasteiger charge is 2.66. The third kappa shape index (κ3) is 3.41. The topological polar surface area (TPSA) is 107 Å². The van der Waals surface area contributed by atoms with Gasteiger partial charge >= 0.3 is 0 Å². The van der Waals surface area contributed by atoms with Gasteiger partial charge in [0.25, 0.3) is 0 Å². The fraction of sp³-hybridized carbons (Fsp3) is 0.185. The van der Waals surface area contributed by atoms with Crippen LogP contribution in [0.15, 0.2) is 72.8 Å². The molecule has 0 aliphatic carbocycles. The summed E-state index contributed by atoms with van der Waals surface area (Å²) in [6, 6.07) is 20.6. The number of nitriles is 4. The number of hydrogen-bond donors (Lipinski definition) is 1. The van der Waals surface area contributed by atoms with Gasteiger partial charge in [0.05, 0.1) is 42.3 Å². The van der Waals surface area contributed by atoms with Crippen molar-refractivity contribution < 1.29 is 13.2 Å². The predicted octanol–water partition coefficient (Wildman–Crippen LogP) is 5.34.